The van der Waals surface area contributed by atoms with Gasteiger partial charge in [-0.1, -0.05) is 0 Å². The summed E-state index contributed by atoms with van der Waals surface area (Å²) < 4.78 is 61.3. The third-order valence-electron chi connectivity index (χ3n) is 4.98. The van der Waals surface area contributed by atoms with Gasteiger partial charge in [0.15, 0.2) is 11.6 Å². The minimum atomic E-state index is -5.15. The van der Waals surface area contributed by atoms with Gasteiger partial charge in [-0.2, -0.15) is 0 Å². The lowest BCUT2D eigenvalue weighted by Crippen LogP contribution is -2.50. The summed E-state index contributed by atoms with van der Waals surface area (Å²) >= 11 is 0. The van der Waals surface area contributed by atoms with E-state index in [1.54, 1.807) is 34.7 Å². The van der Waals surface area contributed by atoms with Crippen LogP contribution >= 0.6 is 0 Å². The number of carboxylic acids is 1. The highest BCUT2D eigenvalue weighted by Gasteiger charge is 2.39. The molecule has 0 unspecified atom stereocenters. The first kappa shape index (κ1) is 24.5. The second-order valence-electron chi connectivity index (χ2n) is 8.60. The lowest BCUT2D eigenvalue weighted by atomic mass is 9.75. The van der Waals surface area contributed by atoms with Gasteiger partial charge < -0.3 is 24.8 Å². The van der Waals surface area contributed by atoms with E-state index in [1.165, 1.54) is 4.90 Å². The second kappa shape index (κ2) is 8.80. The minimum absolute atomic E-state index is 0.0508. The van der Waals surface area contributed by atoms with E-state index in [0.29, 0.717) is 18.9 Å². The zero-order valence-electron chi connectivity index (χ0n) is 17.8. The van der Waals surface area contributed by atoms with Gasteiger partial charge in [0.25, 0.3) is 0 Å². The Balaban J connectivity index is 2.09. The predicted octanol–water partition coefficient (Wildman–Crippen LogP) is 4.87. The third-order valence-corrected chi connectivity index (χ3v) is 4.98. The first-order chi connectivity index (χ1) is 14.1. The van der Waals surface area contributed by atoms with E-state index in [2.05, 4.69) is 10.1 Å². The van der Waals surface area contributed by atoms with Crippen LogP contribution in [0.25, 0.3) is 0 Å². The molecule has 2 rings (SSSR count). The first-order valence-electron chi connectivity index (χ1n) is 9.62. The zero-order valence-corrected chi connectivity index (χ0v) is 17.8. The molecule has 0 radical (unpaired) electrons. The van der Waals surface area contributed by atoms with Gasteiger partial charge in [0.05, 0.1) is 11.3 Å². The molecule has 1 aliphatic carbocycles. The molecular formula is C20H26F4N2O5. The van der Waals surface area contributed by atoms with Crippen molar-refractivity contribution in [2.45, 2.75) is 64.6 Å². The number of carbonyl (C=O) groups excluding carboxylic acids is 1. The number of amides is 1. The van der Waals surface area contributed by atoms with Crippen molar-refractivity contribution in [3.8, 4) is 5.75 Å². The van der Waals surface area contributed by atoms with E-state index in [-0.39, 0.29) is 12.0 Å². The molecule has 0 spiro atoms. The molecule has 1 amide bonds. The van der Waals surface area contributed by atoms with E-state index in [4.69, 9.17) is 9.84 Å². The zero-order chi connectivity index (χ0) is 23.7. The Kier molecular flexibility index (Phi) is 6.97. The van der Waals surface area contributed by atoms with Gasteiger partial charge in [-0.25, -0.2) is 14.0 Å². The van der Waals surface area contributed by atoms with Crippen LogP contribution in [0.4, 0.5) is 28.0 Å². The highest BCUT2D eigenvalue weighted by Crippen LogP contribution is 2.39. The van der Waals surface area contributed by atoms with Crippen molar-refractivity contribution in [2.75, 3.05) is 12.4 Å². The molecule has 1 aromatic carbocycles. The highest BCUT2D eigenvalue weighted by molar-refractivity contribution is 5.89. The number of carboxylic acid groups (broad SMARTS) is 1. The molecule has 1 fully saturated rings. The van der Waals surface area contributed by atoms with E-state index >= 15 is 0 Å². The topological polar surface area (TPSA) is 88.1 Å². The van der Waals surface area contributed by atoms with Crippen LogP contribution in [-0.4, -0.2) is 53.2 Å². The lowest BCUT2D eigenvalue weighted by Gasteiger charge is -2.44. The number of benzene rings is 1. The molecule has 0 aromatic heterocycles. The van der Waals surface area contributed by atoms with E-state index < -0.39 is 52.9 Å². The number of ether oxygens (including phenoxy) is 2. The number of nitrogens with one attached hydrogen (secondary N) is 1. The normalized spacial score (nSPS) is 19.8. The lowest BCUT2D eigenvalue weighted by molar-refractivity contribution is -0.275. The number of halogens is 4. The number of anilines is 1. The van der Waals surface area contributed by atoms with Crippen LogP contribution in [0.15, 0.2) is 12.1 Å². The minimum Gasteiger partial charge on any atom is -0.478 e. The summed E-state index contributed by atoms with van der Waals surface area (Å²) in [5, 5.41) is 11.8. The monoisotopic (exact) mass is 450 g/mol. The molecule has 0 heterocycles. The number of nitrogens with zero attached hydrogens (tertiary/aromatic N) is 1. The average Bonchev–Trinajstić information content (AvgIpc) is 2.53. The van der Waals surface area contributed by atoms with Gasteiger partial charge in [-0.15, -0.1) is 13.2 Å². The van der Waals surface area contributed by atoms with E-state index in [1.807, 2.05) is 0 Å². The van der Waals surface area contributed by atoms with Crippen molar-refractivity contribution in [1.29, 1.82) is 0 Å². The fraction of sp³-hybridized carbons (Fsp3) is 0.600. The Morgan fingerprint density at radius 2 is 1.81 bits per heavy atom. The number of hydrogen-bond acceptors (Lipinski definition) is 5. The van der Waals surface area contributed by atoms with E-state index in [9.17, 15) is 27.2 Å². The molecule has 2 N–H and O–H groups in total. The highest BCUT2D eigenvalue weighted by atomic mass is 19.4. The fourth-order valence-electron chi connectivity index (χ4n) is 3.24. The van der Waals surface area contributed by atoms with Crippen molar-refractivity contribution in [2.24, 2.45) is 5.92 Å². The maximum absolute atomic E-state index is 14.2. The van der Waals surface area contributed by atoms with Gasteiger partial charge >= 0.3 is 18.4 Å². The fourth-order valence-corrected chi connectivity index (χ4v) is 3.24. The van der Waals surface area contributed by atoms with E-state index in [0.717, 1.165) is 6.07 Å². The summed E-state index contributed by atoms with van der Waals surface area (Å²) in [7, 11) is 1.61. The average molecular weight is 450 g/mol. The van der Waals surface area contributed by atoms with Gasteiger partial charge in [0.1, 0.15) is 5.60 Å². The predicted molar refractivity (Wildman–Crippen MR) is 104 cm³/mol. The van der Waals surface area contributed by atoms with Crippen molar-refractivity contribution in [1.82, 2.24) is 4.90 Å². The Bertz CT molecular complexity index is 832. The first-order valence-corrected chi connectivity index (χ1v) is 9.62. The maximum atomic E-state index is 14.2. The maximum Gasteiger partial charge on any atom is 0.573 e. The van der Waals surface area contributed by atoms with Crippen LogP contribution in [0, 0.1) is 11.7 Å². The van der Waals surface area contributed by atoms with Gasteiger partial charge in [-0.05, 0) is 58.6 Å². The molecule has 1 aromatic rings. The molecule has 31 heavy (non-hydrogen) atoms. The standard InChI is InChI=1S/C20H26F4N2O5/c1-10(11-6-13(7-11)26(5)18(29)31-19(2,3)4)25-15-9-12(17(27)28)8-14(21)16(15)30-20(22,23)24/h8-11,13,25H,6-7H2,1-5H3,(H,27,28)/t10-,11?,13?/m0/s1. The SMILES string of the molecule is C[C@H](Nc1cc(C(=O)O)cc(F)c1OC(F)(F)F)C1CC(N(C)C(=O)OC(C)(C)C)C1. The van der Waals surface area contributed by atoms with Crippen LogP contribution in [0.3, 0.4) is 0 Å². The van der Waals surface area contributed by atoms with Gasteiger partial charge in [0, 0.05) is 19.1 Å². The summed E-state index contributed by atoms with van der Waals surface area (Å²) in [4.78, 5) is 24.8. The summed E-state index contributed by atoms with van der Waals surface area (Å²) in [6.07, 6.45) is -4.54. The summed E-state index contributed by atoms with van der Waals surface area (Å²) in [5.74, 6) is -4.10. The molecule has 0 bridgehead atoms. The van der Waals surface area contributed by atoms with Crippen LogP contribution in [0.1, 0.15) is 50.9 Å². The Morgan fingerprint density at radius 3 is 2.29 bits per heavy atom. The number of rotatable bonds is 6. The number of alkyl halides is 3. The molecule has 174 valence electrons. The molecule has 0 saturated heterocycles. The summed E-state index contributed by atoms with van der Waals surface area (Å²) in [6.45, 7) is 6.93. The number of hydrogen-bond donors (Lipinski definition) is 2. The van der Waals surface area contributed by atoms with Crippen molar-refractivity contribution < 1.29 is 41.7 Å². The smallest absolute Gasteiger partial charge is 0.478 e. The number of aromatic carboxylic acids is 1. The Morgan fingerprint density at radius 1 is 1.23 bits per heavy atom. The second-order valence-corrected chi connectivity index (χ2v) is 8.60. The molecule has 1 saturated carbocycles. The van der Waals surface area contributed by atoms with Crippen molar-refractivity contribution in [3.05, 3.63) is 23.5 Å². The quantitative estimate of drug-likeness (QED) is 0.602. The molecule has 7 nitrogen and oxygen atoms in total. The molecule has 1 aliphatic rings. The van der Waals surface area contributed by atoms with Crippen LogP contribution in [0.5, 0.6) is 5.75 Å². The molecular weight excluding hydrogens is 424 g/mol. The van der Waals surface area contributed by atoms with Crippen LogP contribution in [-0.2, 0) is 4.74 Å². The van der Waals surface area contributed by atoms with Crippen molar-refractivity contribution >= 4 is 17.7 Å². The van der Waals surface area contributed by atoms with Crippen LogP contribution < -0.4 is 10.1 Å². The molecule has 11 heteroatoms. The van der Waals surface area contributed by atoms with Crippen molar-refractivity contribution in [3.63, 3.8) is 0 Å². The number of carbonyl (C=O) groups is 2. The largest absolute Gasteiger partial charge is 0.573 e. The molecule has 1 atom stereocenters. The van der Waals surface area contributed by atoms with Gasteiger partial charge in [-0.3, -0.25) is 0 Å². The van der Waals surface area contributed by atoms with Gasteiger partial charge in [0.2, 0.25) is 0 Å². The molecule has 0 aliphatic heterocycles. The third kappa shape index (κ3) is 6.63. The van der Waals surface area contributed by atoms with Crippen LogP contribution in [0.2, 0.25) is 0 Å². The summed E-state index contributed by atoms with van der Waals surface area (Å²) in [6, 6.07) is 0.805. The Labute approximate surface area is 177 Å². The summed E-state index contributed by atoms with van der Waals surface area (Å²) in [5.41, 5.74) is -1.57. The Hall–Kier alpha value is -2.72.